The molecule has 2 N–H and O–H groups in total. The van der Waals surface area contributed by atoms with E-state index in [0.717, 1.165) is 52.3 Å². The molecule has 2 bridgehead atoms. The van der Waals surface area contributed by atoms with E-state index >= 15 is 0 Å². The third-order valence-electron chi connectivity index (χ3n) is 13.3. The maximum Gasteiger partial charge on any atom is 0.415 e. The minimum atomic E-state index is -1.30. The summed E-state index contributed by atoms with van der Waals surface area (Å²) in [6, 6.07) is 37.6. The van der Waals surface area contributed by atoms with Crippen molar-refractivity contribution in [2.45, 2.75) is 95.4 Å². The first-order valence-electron chi connectivity index (χ1n) is 21.0. The fourth-order valence-corrected chi connectivity index (χ4v) is 9.75. The fraction of sp³-hybridized carbons (Fsp3) is 0.373. The minimum absolute atomic E-state index is 0.0729. The summed E-state index contributed by atoms with van der Waals surface area (Å²) in [6.07, 6.45) is 7.08. The lowest BCUT2D eigenvalue weighted by Gasteiger charge is -2.46. The van der Waals surface area contributed by atoms with Gasteiger partial charge in [0.25, 0.3) is 0 Å². The minimum Gasteiger partial charge on any atom is -0.410 e. The molecule has 7 nitrogen and oxygen atoms in total. The zero-order valence-corrected chi connectivity index (χ0v) is 33.7. The van der Waals surface area contributed by atoms with Crippen LogP contribution in [0.4, 0.5) is 4.79 Å². The van der Waals surface area contributed by atoms with E-state index in [0.29, 0.717) is 68.6 Å². The average molecular weight is 778 g/mol. The third-order valence-corrected chi connectivity index (χ3v) is 13.3. The van der Waals surface area contributed by atoms with E-state index in [-0.39, 0.29) is 24.3 Å². The van der Waals surface area contributed by atoms with Crippen molar-refractivity contribution in [2.24, 2.45) is 5.41 Å². The summed E-state index contributed by atoms with van der Waals surface area (Å²) in [5.74, 6) is 0.189. The van der Waals surface area contributed by atoms with Gasteiger partial charge in [0.1, 0.15) is 5.75 Å². The molecule has 0 radical (unpaired) electrons. The third kappa shape index (κ3) is 8.40. The first kappa shape index (κ1) is 39.7. The van der Waals surface area contributed by atoms with E-state index in [2.05, 4.69) is 38.1 Å². The van der Waals surface area contributed by atoms with Crippen LogP contribution in [0.25, 0.3) is 21.9 Å². The molecule has 4 aliphatic rings. The molecule has 0 spiro atoms. The Kier molecular flexibility index (Phi) is 11.7. The Morgan fingerprint density at radius 1 is 0.845 bits per heavy atom. The van der Waals surface area contributed by atoms with Crippen molar-refractivity contribution in [3.05, 3.63) is 149 Å². The molecule has 2 fully saturated rings. The van der Waals surface area contributed by atoms with E-state index in [1.54, 1.807) is 4.90 Å². The lowest BCUT2D eigenvalue weighted by molar-refractivity contribution is -0.0831. The van der Waals surface area contributed by atoms with E-state index in [9.17, 15) is 19.8 Å². The van der Waals surface area contributed by atoms with E-state index in [1.807, 2.05) is 97.1 Å². The molecular formula is C51H55NO6. The van der Waals surface area contributed by atoms with Crippen molar-refractivity contribution in [3.63, 3.8) is 0 Å². The average Bonchev–Trinajstić information content (AvgIpc) is 3.84. The second-order valence-electron chi connectivity index (χ2n) is 17.1. The van der Waals surface area contributed by atoms with E-state index in [4.69, 9.17) is 9.47 Å². The number of nitrogens with zero attached hydrogens (tertiary/aromatic N) is 1. The number of ether oxygens (including phenoxy) is 2. The Morgan fingerprint density at radius 3 is 2.38 bits per heavy atom. The van der Waals surface area contributed by atoms with Crippen LogP contribution >= 0.6 is 0 Å². The highest BCUT2D eigenvalue weighted by molar-refractivity contribution is 6.10. The van der Waals surface area contributed by atoms with Crippen LogP contribution < -0.4 is 4.74 Å². The number of amides is 1. The second kappa shape index (κ2) is 17.0. The van der Waals surface area contributed by atoms with Crippen LogP contribution in [0.2, 0.25) is 0 Å². The molecule has 9 rings (SSSR count). The summed E-state index contributed by atoms with van der Waals surface area (Å²) in [4.78, 5) is 30.6. The topological polar surface area (TPSA) is 96.3 Å². The van der Waals surface area contributed by atoms with E-state index < -0.39 is 23.2 Å². The maximum atomic E-state index is 14.7. The normalized spacial score (nSPS) is 24.8. The number of aliphatic hydroxyl groups excluding tert-OH is 1. The van der Waals surface area contributed by atoms with Crippen molar-refractivity contribution in [2.75, 3.05) is 19.7 Å². The lowest BCUT2D eigenvalue weighted by atomic mass is 9.64. The van der Waals surface area contributed by atoms with Crippen molar-refractivity contribution in [1.29, 1.82) is 0 Å². The molecule has 5 aromatic carbocycles. The summed E-state index contributed by atoms with van der Waals surface area (Å²) in [6.45, 7) is 5.29. The van der Waals surface area contributed by atoms with Crippen LogP contribution in [0.1, 0.15) is 98.2 Å². The summed E-state index contributed by atoms with van der Waals surface area (Å²) in [7, 11) is 0. The Hall–Kier alpha value is -5.08. The molecule has 300 valence electrons. The van der Waals surface area contributed by atoms with Gasteiger partial charge in [-0.2, -0.15) is 0 Å². The van der Waals surface area contributed by atoms with Gasteiger partial charge in [0.15, 0.2) is 5.78 Å². The van der Waals surface area contributed by atoms with Gasteiger partial charge in [-0.15, -0.1) is 0 Å². The number of carbonyl (C=O) groups is 2. The van der Waals surface area contributed by atoms with E-state index in [1.165, 1.54) is 5.57 Å². The van der Waals surface area contributed by atoms with Crippen molar-refractivity contribution in [1.82, 2.24) is 4.90 Å². The number of hydrogen-bond donors (Lipinski definition) is 2. The van der Waals surface area contributed by atoms with Gasteiger partial charge in [-0.25, -0.2) is 4.79 Å². The predicted octanol–water partition coefficient (Wildman–Crippen LogP) is 10.5. The van der Waals surface area contributed by atoms with Crippen LogP contribution in [0.3, 0.4) is 0 Å². The molecule has 1 saturated carbocycles. The second-order valence-corrected chi connectivity index (χ2v) is 17.1. The number of fused-ring (bicyclic) bond motifs is 9. The van der Waals surface area contributed by atoms with Crippen LogP contribution in [0.5, 0.6) is 5.75 Å². The first-order valence-corrected chi connectivity index (χ1v) is 21.0. The number of benzene rings is 5. The molecule has 7 heteroatoms. The quantitative estimate of drug-likeness (QED) is 0.120. The number of rotatable bonds is 8. The summed E-state index contributed by atoms with van der Waals surface area (Å²) >= 11 is 0. The SMILES string of the molecule is CC1=CCC[C@@]2(C)[C@@H](CC[C@@]2(O)CN(C[C@H]2CCCO2)C(=O)Oc2ccc3ccccc3c2)c2ccc(cc2C(=O)c2ccc(-c3ccccc3)cc2)C[C@@H](O)CC1. The van der Waals surface area contributed by atoms with Gasteiger partial charge < -0.3 is 24.6 Å². The van der Waals surface area contributed by atoms with Gasteiger partial charge in [-0.1, -0.05) is 116 Å². The fourth-order valence-electron chi connectivity index (χ4n) is 9.75. The van der Waals surface area contributed by atoms with Gasteiger partial charge in [-0.05, 0) is 122 Å². The molecule has 5 aromatic rings. The molecule has 1 amide bonds. The maximum absolute atomic E-state index is 14.7. The molecule has 1 saturated heterocycles. The molecular weight excluding hydrogens is 723 g/mol. The number of ketones is 1. The number of allylic oxidation sites excluding steroid dienone is 2. The molecule has 3 aliphatic carbocycles. The number of carbonyl (C=O) groups excluding carboxylic acids is 2. The van der Waals surface area contributed by atoms with Gasteiger partial charge in [-0.3, -0.25) is 4.79 Å². The van der Waals surface area contributed by atoms with Crippen molar-refractivity contribution < 1.29 is 29.3 Å². The summed E-state index contributed by atoms with van der Waals surface area (Å²) < 4.78 is 12.1. The number of aliphatic hydroxyl groups is 2. The van der Waals surface area contributed by atoms with Gasteiger partial charge in [0.2, 0.25) is 0 Å². The smallest absolute Gasteiger partial charge is 0.410 e. The molecule has 1 heterocycles. The van der Waals surface area contributed by atoms with Crippen LogP contribution in [0, 0.1) is 5.41 Å². The van der Waals surface area contributed by atoms with Crippen LogP contribution in [-0.4, -0.2) is 64.5 Å². The molecule has 0 aromatic heterocycles. The van der Waals surface area contributed by atoms with Gasteiger partial charge >= 0.3 is 6.09 Å². The standard InChI is InChI=1S/C51H55NO6/c1-35-10-8-27-50(2)47(26-28-51(50,56)34-52(33-44-15-9-29-57-44)49(55)58-43-24-22-38-13-6-7-14-41(38)32-43)45-25-17-36(30-42(53)23-16-35)31-46(45)48(54)40-20-18-39(19-21-40)37-11-4-3-5-12-37/h3-7,10-14,17-22,24-25,31-32,42,44,47,53,56H,8-9,15-16,23,26-30,33-34H2,1-2H3/t42-,44+,47-,50-,51+/m0/s1. The number of hydrogen-bond acceptors (Lipinski definition) is 6. The van der Waals surface area contributed by atoms with Crippen LogP contribution in [-0.2, 0) is 11.2 Å². The Balaban J connectivity index is 1.15. The highest BCUT2D eigenvalue weighted by atomic mass is 16.6. The summed E-state index contributed by atoms with van der Waals surface area (Å²) in [5.41, 5.74) is 4.31. The Bertz CT molecular complexity index is 2280. The Morgan fingerprint density at radius 2 is 1.60 bits per heavy atom. The summed E-state index contributed by atoms with van der Waals surface area (Å²) in [5, 5.41) is 26.3. The highest BCUT2D eigenvalue weighted by Gasteiger charge is 2.58. The molecule has 5 atom stereocenters. The monoisotopic (exact) mass is 777 g/mol. The zero-order valence-electron chi connectivity index (χ0n) is 33.7. The van der Waals surface area contributed by atoms with Crippen molar-refractivity contribution >= 4 is 22.6 Å². The molecule has 0 unspecified atom stereocenters. The lowest BCUT2D eigenvalue weighted by Crippen LogP contribution is -2.55. The molecule has 1 aliphatic heterocycles. The van der Waals surface area contributed by atoms with Crippen molar-refractivity contribution in [3.8, 4) is 16.9 Å². The first-order chi connectivity index (χ1) is 28.1. The largest absolute Gasteiger partial charge is 0.415 e. The molecule has 58 heavy (non-hydrogen) atoms. The van der Waals surface area contributed by atoms with Crippen LogP contribution in [0.15, 0.2) is 127 Å². The van der Waals surface area contributed by atoms with Gasteiger partial charge in [0.05, 0.1) is 30.9 Å². The van der Waals surface area contributed by atoms with Gasteiger partial charge in [0, 0.05) is 23.1 Å². The zero-order chi connectivity index (χ0) is 40.3. The highest BCUT2D eigenvalue weighted by Crippen LogP contribution is 2.59. The Labute approximate surface area is 342 Å². The predicted molar refractivity (Wildman–Crippen MR) is 229 cm³/mol.